The number of ether oxygens (including phenoxy) is 2. The van der Waals surface area contributed by atoms with Gasteiger partial charge in [-0.15, -0.1) is 0 Å². The van der Waals surface area contributed by atoms with Crippen molar-refractivity contribution in [3.05, 3.63) is 125 Å². The third-order valence-corrected chi connectivity index (χ3v) is 8.93. The van der Waals surface area contributed by atoms with Gasteiger partial charge in [0.1, 0.15) is 11.9 Å². The number of hydrogen-bond acceptors (Lipinski definition) is 8. The van der Waals surface area contributed by atoms with Gasteiger partial charge in [-0.2, -0.15) is 5.10 Å². The third-order valence-electron chi connectivity index (χ3n) is 8.93. The van der Waals surface area contributed by atoms with Crippen molar-refractivity contribution >= 4 is 40.7 Å². The lowest BCUT2D eigenvalue weighted by Crippen LogP contribution is -2.35. The molecule has 1 aliphatic heterocycles. The van der Waals surface area contributed by atoms with Gasteiger partial charge < -0.3 is 14.4 Å². The molecule has 3 N–H and O–H groups in total. The lowest BCUT2D eigenvalue weighted by molar-refractivity contribution is -0.152. The fourth-order valence-electron chi connectivity index (χ4n) is 6.08. The summed E-state index contributed by atoms with van der Waals surface area (Å²) in [5.74, 6) is -0.370. The smallest absolute Gasteiger partial charge is 0.306 e. The second-order valence-corrected chi connectivity index (χ2v) is 12.9. The number of hydroxylamine groups is 1. The number of hydrogen-bond donors (Lipinski definition) is 3. The first kappa shape index (κ1) is 38.4. The maximum Gasteiger partial charge on any atom is 0.306 e. The summed E-state index contributed by atoms with van der Waals surface area (Å²) in [7, 11) is 0. The van der Waals surface area contributed by atoms with E-state index in [9.17, 15) is 19.2 Å². The minimum atomic E-state index is -0.580. The molecular formula is C42H46N4O7. The molecule has 53 heavy (non-hydrogen) atoms. The van der Waals surface area contributed by atoms with Gasteiger partial charge in [0.25, 0.3) is 5.91 Å². The molecule has 0 saturated carbocycles. The van der Waals surface area contributed by atoms with Gasteiger partial charge in [-0.1, -0.05) is 104 Å². The highest BCUT2D eigenvalue weighted by molar-refractivity contribution is 6.08. The summed E-state index contributed by atoms with van der Waals surface area (Å²) < 4.78 is 11.9. The van der Waals surface area contributed by atoms with Gasteiger partial charge >= 0.3 is 5.97 Å². The van der Waals surface area contributed by atoms with Crippen molar-refractivity contribution in [2.75, 3.05) is 13.2 Å². The number of hydrazone groups is 1. The molecule has 0 unspecified atom stereocenters. The largest absolute Gasteiger partial charge is 0.493 e. The predicted molar refractivity (Wildman–Crippen MR) is 202 cm³/mol. The molecule has 276 valence electrons. The molecule has 0 aromatic heterocycles. The standard InChI is InChI=1S/C42H46N4O7/c47-39(45-51)18-8-3-4-13-27-52-37-26-25-36(34-16-11-12-17-35(34)37)42(50)44-43-28-31-21-23-32(24-22-31)29-46-30-38(33-14-6-5-7-15-33)53-41(49)20-10-2-1-9-19-40(46)48/h1-2,5-7,11-12,14-17,21-26,28,38,51H,3-4,8-10,13,18-20,27,29-30H2,(H,44,50)(H,45,47)/b2-1+,43-28+/t38-/m1/s1. The van der Waals surface area contributed by atoms with Crippen molar-refractivity contribution in [2.45, 2.75) is 70.4 Å². The molecule has 1 atom stereocenters. The van der Waals surface area contributed by atoms with Gasteiger partial charge in [0, 0.05) is 36.8 Å². The Morgan fingerprint density at radius 2 is 1.57 bits per heavy atom. The Labute approximate surface area is 309 Å². The molecule has 4 aromatic carbocycles. The highest BCUT2D eigenvalue weighted by Gasteiger charge is 2.24. The van der Waals surface area contributed by atoms with Crippen LogP contribution in [0.5, 0.6) is 5.75 Å². The summed E-state index contributed by atoms with van der Waals surface area (Å²) in [6.07, 6.45) is 10.2. The molecular weight excluding hydrogens is 672 g/mol. The third kappa shape index (κ3) is 11.9. The Morgan fingerprint density at radius 1 is 0.849 bits per heavy atom. The van der Waals surface area contributed by atoms with Crippen molar-refractivity contribution < 1.29 is 33.9 Å². The fraction of sp³-hybridized carbons (Fsp3) is 0.310. The lowest BCUT2D eigenvalue weighted by atomic mass is 10.0. The van der Waals surface area contributed by atoms with Crippen LogP contribution in [0.15, 0.2) is 108 Å². The second kappa shape index (κ2) is 20.3. The van der Waals surface area contributed by atoms with Crippen molar-refractivity contribution in [3.63, 3.8) is 0 Å². The lowest BCUT2D eigenvalue weighted by Gasteiger charge is -2.28. The van der Waals surface area contributed by atoms with Crippen LogP contribution in [0.4, 0.5) is 0 Å². The summed E-state index contributed by atoms with van der Waals surface area (Å²) in [5.41, 5.74) is 7.25. The first-order chi connectivity index (χ1) is 25.9. The number of unbranched alkanes of at least 4 members (excludes halogenated alkanes) is 3. The van der Waals surface area contributed by atoms with E-state index in [-0.39, 0.29) is 36.7 Å². The van der Waals surface area contributed by atoms with Crippen LogP contribution in [-0.4, -0.2) is 53.2 Å². The van der Waals surface area contributed by atoms with Crippen LogP contribution in [0.2, 0.25) is 0 Å². The number of nitrogens with one attached hydrogen (secondary N) is 2. The molecule has 3 amide bonds. The van der Waals surface area contributed by atoms with Crippen LogP contribution in [-0.2, 0) is 25.7 Å². The summed E-state index contributed by atoms with van der Waals surface area (Å²) in [5, 5.41) is 14.4. The number of allylic oxidation sites excluding steroid dienone is 2. The van der Waals surface area contributed by atoms with Crippen molar-refractivity contribution in [3.8, 4) is 5.75 Å². The Morgan fingerprint density at radius 3 is 2.34 bits per heavy atom. The first-order valence-corrected chi connectivity index (χ1v) is 18.1. The number of carbonyl (C=O) groups excluding carboxylic acids is 4. The Kier molecular flexibility index (Phi) is 14.7. The van der Waals surface area contributed by atoms with E-state index in [1.54, 1.807) is 28.7 Å². The van der Waals surface area contributed by atoms with Crippen molar-refractivity contribution in [2.24, 2.45) is 5.10 Å². The summed E-state index contributed by atoms with van der Waals surface area (Å²) >= 11 is 0. The van der Waals surface area contributed by atoms with Crippen LogP contribution in [0.25, 0.3) is 10.8 Å². The maximum absolute atomic E-state index is 13.4. The highest BCUT2D eigenvalue weighted by atomic mass is 16.5. The van der Waals surface area contributed by atoms with Crippen molar-refractivity contribution in [1.29, 1.82) is 0 Å². The number of esters is 1. The molecule has 0 spiro atoms. The number of benzene rings is 4. The minimum Gasteiger partial charge on any atom is -0.493 e. The molecule has 11 nitrogen and oxygen atoms in total. The molecule has 5 rings (SSSR count). The molecule has 1 aliphatic rings. The van der Waals surface area contributed by atoms with Gasteiger partial charge in [-0.05, 0) is 59.9 Å². The van der Waals surface area contributed by atoms with E-state index >= 15 is 0 Å². The second-order valence-electron chi connectivity index (χ2n) is 12.9. The summed E-state index contributed by atoms with van der Waals surface area (Å²) in [6.45, 7) is 1.08. The number of fused-ring (bicyclic) bond motifs is 1. The van der Waals surface area contributed by atoms with E-state index in [1.807, 2.05) is 91.0 Å². The van der Waals surface area contributed by atoms with Gasteiger partial charge in [-0.25, -0.2) is 10.9 Å². The topological polar surface area (TPSA) is 147 Å². The van der Waals surface area contributed by atoms with E-state index in [2.05, 4.69) is 10.5 Å². The molecule has 4 aromatic rings. The fourth-order valence-corrected chi connectivity index (χ4v) is 6.08. The first-order valence-electron chi connectivity index (χ1n) is 18.1. The number of rotatable bonds is 14. The maximum atomic E-state index is 13.4. The van der Waals surface area contributed by atoms with E-state index in [0.717, 1.165) is 46.7 Å². The zero-order valence-electron chi connectivity index (χ0n) is 29.7. The van der Waals surface area contributed by atoms with Crippen LogP contribution in [0.3, 0.4) is 0 Å². The van der Waals surface area contributed by atoms with Crippen LogP contribution in [0.1, 0.15) is 90.9 Å². The number of nitrogens with zero attached hydrogens (tertiary/aromatic N) is 2. The van der Waals surface area contributed by atoms with Gasteiger partial charge in [0.15, 0.2) is 0 Å². The predicted octanol–water partition coefficient (Wildman–Crippen LogP) is 7.18. The number of amides is 3. The van der Waals surface area contributed by atoms with Crippen LogP contribution >= 0.6 is 0 Å². The number of cyclic esters (lactones) is 1. The molecule has 11 heteroatoms. The Hall–Kier alpha value is -5.81. The highest BCUT2D eigenvalue weighted by Crippen LogP contribution is 2.29. The normalized spacial score (nSPS) is 16.0. The zero-order valence-corrected chi connectivity index (χ0v) is 29.7. The van der Waals surface area contributed by atoms with E-state index in [4.69, 9.17) is 14.7 Å². The summed E-state index contributed by atoms with van der Waals surface area (Å²) in [4.78, 5) is 52.1. The van der Waals surface area contributed by atoms with Gasteiger partial charge in [0.2, 0.25) is 11.8 Å². The molecule has 0 fully saturated rings. The molecule has 0 radical (unpaired) electrons. The van der Waals surface area contributed by atoms with E-state index in [1.165, 1.54) is 0 Å². The average molecular weight is 719 g/mol. The molecule has 0 bridgehead atoms. The van der Waals surface area contributed by atoms with Crippen molar-refractivity contribution in [1.82, 2.24) is 15.8 Å². The monoisotopic (exact) mass is 718 g/mol. The Bertz CT molecular complexity index is 1890. The molecule has 1 heterocycles. The van der Waals surface area contributed by atoms with Crippen LogP contribution < -0.4 is 15.6 Å². The molecule has 0 saturated heterocycles. The summed E-state index contributed by atoms with van der Waals surface area (Å²) in [6, 6.07) is 28.1. The Balaban J connectivity index is 1.18. The van der Waals surface area contributed by atoms with E-state index < -0.39 is 6.10 Å². The molecule has 0 aliphatic carbocycles. The van der Waals surface area contributed by atoms with Gasteiger partial charge in [0.05, 0.1) is 19.4 Å². The van der Waals surface area contributed by atoms with Crippen LogP contribution in [0, 0.1) is 0 Å². The minimum absolute atomic E-state index is 0.0216. The SMILES string of the molecule is O=C(CCCCCCOc1ccc(C(=O)N/N=C/c2ccc(CN3C[C@H](c4ccccc4)OC(=O)CC/C=C/CCC3=O)cc2)c2ccccc12)NO. The quantitative estimate of drug-likeness (QED) is 0.0313. The zero-order chi connectivity index (χ0) is 37.3. The average Bonchev–Trinajstić information content (AvgIpc) is 3.18. The van der Waals surface area contributed by atoms with Gasteiger partial charge in [-0.3, -0.25) is 24.4 Å². The van der Waals surface area contributed by atoms with E-state index in [0.29, 0.717) is 56.6 Å². The number of carbonyl (C=O) groups is 4.